The fourth-order valence-electron chi connectivity index (χ4n) is 3.34. The number of hydrogen-bond acceptors (Lipinski definition) is 3. The molecule has 1 atom stereocenters. The first-order valence-corrected chi connectivity index (χ1v) is 10.2. The van der Waals surface area contributed by atoms with Gasteiger partial charge in [-0.1, -0.05) is 48.5 Å². The van der Waals surface area contributed by atoms with Crippen molar-refractivity contribution in [3.63, 3.8) is 0 Å². The molecule has 1 unspecified atom stereocenters. The van der Waals surface area contributed by atoms with Crippen LogP contribution in [0.1, 0.15) is 18.9 Å². The Hall–Kier alpha value is -1.80. The summed E-state index contributed by atoms with van der Waals surface area (Å²) in [6.45, 7) is 7.67. The zero-order chi connectivity index (χ0) is 19.4. The number of likely N-dealkylation sites (tertiary alicyclic amines) is 1. The van der Waals surface area contributed by atoms with Gasteiger partial charge in [0.15, 0.2) is 5.96 Å². The van der Waals surface area contributed by atoms with Gasteiger partial charge in [0.1, 0.15) is 12.4 Å². The number of benzene rings is 2. The maximum absolute atomic E-state index is 5.93. The Labute approximate surface area is 191 Å². The molecule has 29 heavy (non-hydrogen) atoms. The lowest BCUT2D eigenvalue weighted by molar-refractivity contribution is 0.0906. The van der Waals surface area contributed by atoms with Crippen LogP contribution in [0.2, 0.25) is 0 Å². The lowest BCUT2D eigenvalue weighted by Gasteiger charge is -2.21. The summed E-state index contributed by atoms with van der Waals surface area (Å²) >= 11 is 0. The van der Waals surface area contributed by atoms with Crippen LogP contribution >= 0.6 is 24.0 Å². The van der Waals surface area contributed by atoms with Crippen molar-refractivity contribution in [3.8, 4) is 5.75 Å². The molecule has 158 valence electrons. The molecule has 1 saturated heterocycles. The number of ether oxygens (including phenoxy) is 2. The highest BCUT2D eigenvalue weighted by Crippen LogP contribution is 2.17. The number of guanidine groups is 1. The summed E-state index contributed by atoms with van der Waals surface area (Å²) in [4.78, 5) is 7.07. The monoisotopic (exact) mass is 509 g/mol. The van der Waals surface area contributed by atoms with Gasteiger partial charge in [-0.15, -0.1) is 24.0 Å². The number of hydrogen-bond donors (Lipinski definition) is 1. The van der Waals surface area contributed by atoms with E-state index in [9.17, 15) is 0 Å². The second-order valence-electron chi connectivity index (χ2n) is 7.00. The number of para-hydroxylation sites is 1. The summed E-state index contributed by atoms with van der Waals surface area (Å²) in [5.41, 5.74) is 1.23. The largest absolute Gasteiger partial charge is 0.492 e. The Morgan fingerprint density at radius 2 is 1.83 bits per heavy atom. The van der Waals surface area contributed by atoms with Gasteiger partial charge in [0.25, 0.3) is 0 Å². The van der Waals surface area contributed by atoms with Crippen molar-refractivity contribution in [3.05, 3.63) is 66.2 Å². The van der Waals surface area contributed by atoms with Gasteiger partial charge in [-0.05, 0) is 31.0 Å². The van der Waals surface area contributed by atoms with Crippen molar-refractivity contribution in [2.24, 2.45) is 10.9 Å². The van der Waals surface area contributed by atoms with E-state index in [-0.39, 0.29) is 24.0 Å². The highest BCUT2D eigenvalue weighted by atomic mass is 127. The second-order valence-corrected chi connectivity index (χ2v) is 7.00. The Bertz CT molecular complexity index is 713. The first-order valence-electron chi connectivity index (χ1n) is 10.2. The third kappa shape index (κ3) is 8.22. The fraction of sp³-hybridized carbons (Fsp3) is 0.435. The Balaban J connectivity index is 0.00000300. The van der Waals surface area contributed by atoms with Crippen LogP contribution in [-0.2, 0) is 11.3 Å². The van der Waals surface area contributed by atoms with Crippen LogP contribution in [0.15, 0.2) is 65.7 Å². The highest BCUT2D eigenvalue weighted by molar-refractivity contribution is 14.0. The molecular weight excluding hydrogens is 477 g/mol. The van der Waals surface area contributed by atoms with Crippen molar-refractivity contribution in [2.45, 2.75) is 20.0 Å². The molecule has 2 aromatic carbocycles. The van der Waals surface area contributed by atoms with E-state index in [0.29, 0.717) is 25.7 Å². The molecule has 0 aliphatic carbocycles. The van der Waals surface area contributed by atoms with Crippen LogP contribution in [0, 0.1) is 5.92 Å². The normalized spacial score (nSPS) is 16.4. The smallest absolute Gasteiger partial charge is 0.194 e. The minimum Gasteiger partial charge on any atom is -0.492 e. The van der Waals surface area contributed by atoms with E-state index in [2.05, 4.69) is 41.4 Å². The molecule has 1 fully saturated rings. The first-order chi connectivity index (χ1) is 13.8. The van der Waals surface area contributed by atoms with Crippen LogP contribution in [0.5, 0.6) is 5.75 Å². The zero-order valence-corrected chi connectivity index (χ0v) is 19.5. The Kier molecular flexibility index (Phi) is 10.9. The third-order valence-corrected chi connectivity index (χ3v) is 4.75. The lowest BCUT2D eigenvalue weighted by atomic mass is 10.1. The predicted octanol–water partition coefficient (Wildman–Crippen LogP) is 4.19. The van der Waals surface area contributed by atoms with Gasteiger partial charge in [0.2, 0.25) is 0 Å². The zero-order valence-electron chi connectivity index (χ0n) is 17.1. The first kappa shape index (κ1) is 23.5. The van der Waals surface area contributed by atoms with Gasteiger partial charge in [0, 0.05) is 25.6 Å². The number of halogens is 1. The van der Waals surface area contributed by atoms with Gasteiger partial charge in [-0.25, -0.2) is 4.99 Å². The van der Waals surface area contributed by atoms with Gasteiger partial charge in [-0.2, -0.15) is 0 Å². The van der Waals surface area contributed by atoms with Crippen molar-refractivity contribution < 1.29 is 9.47 Å². The van der Waals surface area contributed by atoms with Gasteiger partial charge < -0.3 is 19.7 Å². The molecule has 3 rings (SSSR count). The van der Waals surface area contributed by atoms with Crippen LogP contribution < -0.4 is 10.1 Å². The summed E-state index contributed by atoms with van der Waals surface area (Å²) in [5, 5.41) is 3.41. The lowest BCUT2D eigenvalue weighted by Crippen LogP contribution is -2.40. The maximum Gasteiger partial charge on any atom is 0.194 e. The van der Waals surface area contributed by atoms with Crippen molar-refractivity contribution in [1.29, 1.82) is 0 Å². The Morgan fingerprint density at radius 3 is 2.55 bits per heavy atom. The van der Waals surface area contributed by atoms with Crippen LogP contribution in [0.4, 0.5) is 0 Å². The van der Waals surface area contributed by atoms with Crippen molar-refractivity contribution in [2.75, 3.05) is 39.4 Å². The summed E-state index contributed by atoms with van der Waals surface area (Å²) in [5.74, 6) is 2.41. The van der Waals surface area contributed by atoms with E-state index in [1.54, 1.807) is 0 Å². The molecule has 0 radical (unpaired) electrons. The van der Waals surface area contributed by atoms with Gasteiger partial charge >= 0.3 is 0 Å². The van der Waals surface area contributed by atoms with Crippen molar-refractivity contribution >= 4 is 29.9 Å². The second kappa shape index (κ2) is 13.4. The molecule has 0 bridgehead atoms. The summed E-state index contributed by atoms with van der Waals surface area (Å²) in [6, 6.07) is 20.2. The van der Waals surface area contributed by atoms with Crippen molar-refractivity contribution in [1.82, 2.24) is 10.2 Å². The molecule has 1 N–H and O–H groups in total. The van der Waals surface area contributed by atoms with E-state index >= 15 is 0 Å². The topological polar surface area (TPSA) is 46.1 Å². The molecule has 6 heteroatoms. The standard InChI is InChI=1S/C23H31N3O2.HI/c1-2-24-23(25-14-16-28-22-11-7-4-8-12-22)26-15-13-21(17-26)19-27-18-20-9-5-3-6-10-20;/h3-12,21H,2,13-19H2,1H3,(H,24,25);1H. The molecular formula is C23H32IN3O2. The summed E-state index contributed by atoms with van der Waals surface area (Å²) in [6.07, 6.45) is 1.14. The number of rotatable bonds is 9. The van der Waals surface area contributed by atoms with E-state index in [0.717, 1.165) is 44.4 Å². The van der Waals surface area contributed by atoms with E-state index < -0.39 is 0 Å². The SMILES string of the molecule is CCNC(=NCCOc1ccccc1)N1CCC(COCc2ccccc2)C1.I. The molecule has 1 aliphatic heterocycles. The maximum atomic E-state index is 5.93. The molecule has 0 aromatic heterocycles. The minimum absolute atomic E-state index is 0. The molecule has 0 spiro atoms. The van der Waals surface area contributed by atoms with E-state index in [1.807, 2.05) is 36.4 Å². The molecule has 1 aliphatic rings. The van der Waals surface area contributed by atoms with E-state index in [1.165, 1.54) is 5.56 Å². The molecule has 1 heterocycles. The number of aliphatic imine (C=N–C) groups is 1. The van der Waals surface area contributed by atoms with Crippen LogP contribution in [-0.4, -0.2) is 50.3 Å². The molecule has 0 amide bonds. The highest BCUT2D eigenvalue weighted by Gasteiger charge is 2.24. The van der Waals surface area contributed by atoms with Crippen LogP contribution in [0.25, 0.3) is 0 Å². The minimum atomic E-state index is 0. The number of nitrogens with zero attached hydrogens (tertiary/aromatic N) is 2. The average molecular weight is 509 g/mol. The average Bonchev–Trinajstić information content (AvgIpc) is 3.21. The van der Waals surface area contributed by atoms with Gasteiger partial charge in [0.05, 0.1) is 19.8 Å². The van der Waals surface area contributed by atoms with Crippen LogP contribution in [0.3, 0.4) is 0 Å². The predicted molar refractivity (Wildman–Crippen MR) is 129 cm³/mol. The quantitative estimate of drug-likeness (QED) is 0.239. The van der Waals surface area contributed by atoms with Gasteiger partial charge in [-0.3, -0.25) is 0 Å². The summed E-state index contributed by atoms with van der Waals surface area (Å²) < 4.78 is 11.7. The number of nitrogens with one attached hydrogen (secondary N) is 1. The summed E-state index contributed by atoms with van der Waals surface area (Å²) in [7, 11) is 0. The fourth-order valence-corrected chi connectivity index (χ4v) is 3.34. The Morgan fingerprint density at radius 1 is 1.10 bits per heavy atom. The molecule has 2 aromatic rings. The molecule has 0 saturated carbocycles. The molecule has 5 nitrogen and oxygen atoms in total. The third-order valence-electron chi connectivity index (χ3n) is 4.75. The van der Waals surface area contributed by atoms with E-state index in [4.69, 9.17) is 14.5 Å².